The fourth-order valence-corrected chi connectivity index (χ4v) is 4.87. The smallest absolute Gasteiger partial charge is 0.321 e. The van der Waals surface area contributed by atoms with Gasteiger partial charge in [-0.2, -0.15) is 18.3 Å². The molecule has 0 bridgehead atoms. The van der Waals surface area contributed by atoms with Crippen LogP contribution in [0.2, 0.25) is 0 Å². The number of carbonyl (C=O) groups is 1. The number of halogens is 3. The minimum Gasteiger partial charge on any atom is -0.321 e. The Kier molecular flexibility index (Phi) is 5.26. The Morgan fingerprint density at radius 3 is 2.57 bits per heavy atom. The van der Waals surface area contributed by atoms with Crippen LogP contribution in [0.1, 0.15) is 54.0 Å². The predicted octanol–water partition coefficient (Wildman–Crippen LogP) is 3.64. The summed E-state index contributed by atoms with van der Waals surface area (Å²) in [4.78, 5) is 12.5. The number of benzene rings is 1. The summed E-state index contributed by atoms with van der Waals surface area (Å²) in [5.41, 5.74) is -0.125. The van der Waals surface area contributed by atoms with E-state index in [-0.39, 0.29) is 34.8 Å². The number of carbonyl (C=O) groups excluding carboxylic acids is 1. The molecule has 0 radical (unpaired) electrons. The van der Waals surface area contributed by atoms with Gasteiger partial charge in [0, 0.05) is 11.4 Å². The second-order valence-corrected chi connectivity index (χ2v) is 9.37. The van der Waals surface area contributed by atoms with Gasteiger partial charge in [0.1, 0.15) is 0 Å². The topological polar surface area (TPSA) is 81.1 Å². The number of hydrogen-bond donors (Lipinski definition) is 1. The van der Waals surface area contributed by atoms with E-state index in [1.807, 2.05) is 13.8 Å². The summed E-state index contributed by atoms with van der Waals surface area (Å²) >= 11 is 0. The lowest BCUT2D eigenvalue weighted by Gasteiger charge is -2.15. The third-order valence-electron chi connectivity index (χ3n) is 4.59. The Morgan fingerprint density at radius 2 is 2.00 bits per heavy atom. The maximum atomic E-state index is 12.8. The van der Waals surface area contributed by atoms with Gasteiger partial charge in [0.2, 0.25) is 0 Å². The van der Waals surface area contributed by atoms with E-state index < -0.39 is 27.5 Å². The molecular weight excluding hydrogens is 395 g/mol. The summed E-state index contributed by atoms with van der Waals surface area (Å²) in [5.74, 6) is -0.629. The number of aromatic nitrogens is 2. The first-order valence-corrected chi connectivity index (χ1v) is 10.6. The van der Waals surface area contributed by atoms with Crippen molar-refractivity contribution in [3.05, 3.63) is 47.3 Å². The summed E-state index contributed by atoms with van der Waals surface area (Å²) in [6.07, 6.45) is -4.10. The van der Waals surface area contributed by atoms with Crippen LogP contribution in [-0.4, -0.2) is 35.6 Å². The van der Waals surface area contributed by atoms with Crippen LogP contribution in [-0.2, 0) is 16.0 Å². The van der Waals surface area contributed by atoms with Crippen molar-refractivity contribution in [3.8, 4) is 0 Å². The molecule has 2 aromatic rings. The molecule has 1 amide bonds. The Morgan fingerprint density at radius 1 is 1.29 bits per heavy atom. The Balaban J connectivity index is 1.86. The van der Waals surface area contributed by atoms with Crippen LogP contribution in [0.25, 0.3) is 0 Å². The lowest BCUT2D eigenvalue weighted by atomic mass is 10.1. The quantitative estimate of drug-likeness (QED) is 0.827. The van der Waals surface area contributed by atoms with Crippen molar-refractivity contribution in [1.29, 1.82) is 0 Å². The van der Waals surface area contributed by atoms with Gasteiger partial charge in [0.15, 0.2) is 15.5 Å². The largest absolute Gasteiger partial charge is 0.416 e. The highest BCUT2D eigenvalue weighted by molar-refractivity contribution is 7.91. The number of hydrogen-bond acceptors (Lipinski definition) is 4. The highest BCUT2D eigenvalue weighted by atomic mass is 32.2. The third-order valence-corrected chi connectivity index (χ3v) is 6.34. The van der Waals surface area contributed by atoms with Crippen LogP contribution in [0.5, 0.6) is 0 Å². The van der Waals surface area contributed by atoms with Gasteiger partial charge in [-0.1, -0.05) is 19.9 Å². The predicted molar refractivity (Wildman–Crippen MR) is 98.0 cm³/mol. The van der Waals surface area contributed by atoms with E-state index in [1.54, 1.807) is 10.7 Å². The zero-order valence-corrected chi connectivity index (χ0v) is 16.1. The van der Waals surface area contributed by atoms with Gasteiger partial charge in [-0.3, -0.25) is 9.48 Å². The summed E-state index contributed by atoms with van der Waals surface area (Å²) in [7, 11) is -3.13. The summed E-state index contributed by atoms with van der Waals surface area (Å²) in [5, 5.41) is 6.69. The first-order valence-electron chi connectivity index (χ1n) is 8.75. The molecule has 0 saturated carbocycles. The van der Waals surface area contributed by atoms with Crippen LogP contribution >= 0.6 is 0 Å². The standard InChI is InChI=1S/C18H20F3N3O3S/c1-11(2)16-9-15(23-24(16)14-6-7-28(26,27)10-14)17(25)22-13-5-3-4-12(8-13)18(19,20)21/h3-5,8-9,11,14H,6-7,10H2,1-2H3,(H,22,25)/t14-/m1/s1. The highest BCUT2D eigenvalue weighted by Gasteiger charge is 2.33. The summed E-state index contributed by atoms with van der Waals surface area (Å²) in [6, 6.07) is 5.54. The molecule has 152 valence electrons. The van der Waals surface area contributed by atoms with Crippen LogP contribution < -0.4 is 5.32 Å². The molecule has 0 spiro atoms. The number of rotatable bonds is 4. The Labute approximate surface area is 160 Å². The fourth-order valence-electron chi connectivity index (χ4n) is 3.18. The van der Waals surface area contributed by atoms with Crippen molar-refractivity contribution >= 4 is 21.4 Å². The van der Waals surface area contributed by atoms with Crippen molar-refractivity contribution in [3.63, 3.8) is 0 Å². The van der Waals surface area contributed by atoms with Crippen molar-refractivity contribution in [2.75, 3.05) is 16.8 Å². The Bertz CT molecular complexity index is 997. The molecule has 28 heavy (non-hydrogen) atoms. The minimum atomic E-state index is -4.51. The van der Waals surface area contributed by atoms with E-state index in [4.69, 9.17) is 0 Å². The molecular formula is C18H20F3N3O3S. The fraction of sp³-hybridized carbons (Fsp3) is 0.444. The third kappa shape index (κ3) is 4.37. The molecule has 0 unspecified atom stereocenters. The van der Waals surface area contributed by atoms with Gasteiger partial charge < -0.3 is 5.32 Å². The van der Waals surface area contributed by atoms with Gasteiger partial charge in [0.25, 0.3) is 5.91 Å². The van der Waals surface area contributed by atoms with Crippen molar-refractivity contribution in [2.24, 2.45) is 0 Å². The van der Waals surface area contributed by atoms with Gasteiger partial charge >= 0.3 is 6.18 Å². The average Bonchev–Trinajstić information content (AvgIpc) is 3.18. The highest BCUT2D eigenvalue weighted by Crippen LogP contribution is 2.31. The van der Waals surface area contributed by atoms with Gasteiger partial charge in [-0.25, -0.2) is 8.42 Å². The van der Waals surface area contributed by atoms with Crippen LogP contribution in [0.4, 0.5) is 18.9 Å². The molecule has 1 saturated heterocycles. The molecule has 1 fully saturated rings. The molecule has 1 aromatic heterocycles. The zero-order valence-electron chi connectivity index (χ0n) is 15.3. The molecule has 1 aliphatic heterocycles. The molecule has 2 heterocycles. The normalized spacial score (nSPS) is 19.1. The van der Waals surface area contributed by atoms with Crippen LogP contribution in [0.15, 0.2) is 30.3 Å². The van der Waals surface area contributed by atoms with E-state index in [2.05, 4.69) is 10.4 Å². The molecule has 10 heteroatoms. The van der Waals surface area contributed by atoms with E-state index in [0.29, 0.717) is 12.1 Å². The summed E-state index contributed by atoms with van der Waals surface area (Å²) in [6.45, 7) is 3.79. The number of alkyl halides is 3. The van der Waals surface area contributed by atoms with E-state index >= 15 is 0 Å². The van der Waals surface area contributed by atoms with Gasteiger partial charge in [-0.05, 0) is 36.6 Å². The molecule has 1 aliphatic rings. The SMILES string of the molecule is CC(C)c1cc(C(=O)Nc2cccc(C(F)(F)F)c2)nn1[C@@H]1CCS(=O)(=O)C1. The number of nitrogens with one attached hydrogen (secondary N) is 1. The van der Waals surface area contributed by atoms with Crippen molar-refractivity contribution < 1.29 is 26.4 Å². The van der Waals surface area contributed by atoms with Crippen molar-refractivity contribution in [1.82, 2.24) is 9.78 Å². The van der Waals surface area contributed by atoms with E-state index in [9.17, 15) is 26.4 Å². The van der Waals surface area contributed by atoms with E-state index in [0.717, 1.165) is 12.1 Å². The molecule has 6 nitrogen and oxygen atoms in total. The summed E-state index contributed by atoms with van der Waals surface area (Å²) < 4.78 is 63.6. The molecule has 1 atom stereocenters. The first kappa shape index (κ1) is 20.4. The molecule has 1 N–H and O–H groups in total. The molecule has 1 aromatic carbocycles. The minimum absolute atomic E-state index is 0.00363. The lowest BCUT2D eigenvalue weighted by molar-refractivity contribution is -0.137. The second kappa shape index (κ2) is 7.23. The van der Waals surface area contributed by atoms with Crippen molar-refractivity contribution in [2.45, 2.75) is 38.4 Å². The maximum absolute atomic E-state index is 12.8. The monoisotopic (exact) mass is 415 g/mol. The number of anilines is 1. The molecule has 3 rings (SSSR count). The van der Waals surface area contributed by atoms with Gasteiger partial charge in [0.05, 0.1) is 23.1 Å². The van der Waals surface area contributed by atoms with Crippen LogP contribution in [0.3, 0.4) is 0 Å². The zero-order chi connectivity index (χ0) is 20.7. The van der Waals surface area contributed by atoms with Gasteiger partial charge in [-0.15, -0.1) is 0 Å². The average molecular weight is 415 g/mol. The number of nitrogens with zero attached hydrogens (tertiary/aromatic N) is 2. The lowest BCUT2D eigenvalue weighted by Crippen LogP contribution is -2.17. The number of amides is 1. The number of sulfone groups is 1. The first-order chi connectivity index (χ1) is 13.0. The maximum Gasteiger partial charge on any atom is 0.416 e. The van der Waals surface area contributed by atoms with Crippen LogP contribution in [0, 0.1) is 0 Å². The second-order valence-electron chi connectivity index (χ2n) is 7.14. The van der Waals surface area contributed by atoms with E-state index in [1.165, 1.54) is 12.1 Å². The Hall–Kier alpha value is -2.36. The molecule has 0 aliphatic carbocycles.